The van der Waals surface area contributed by atoms with Crippen LogP contribution < -0.4 is 0 Å². The molecule has 12 heavy (non-hydrogen) atoms. The third kappa shape index (κ3) is 1.28. The fourth-order valence-corrected chi connectivity index (χ4v) is 1.74. The van der Waals surface area contributed by atoms with E-state index in [1.807, 2.05) is 6.07 Å². The van der Waals surface area contributed by atoms with Gasteiger partial charge < -0.3 is 4.80 Å². The fraction of sp³-hybridized carbons (Fsp3) is 0. The number of halogens is 1. The van der Waals surface area contributed by atoms with Crippen molar-refractivity contribution in [2.45, 2.75) is 0 Å². The lowest BCUT2D eigenvalue weighted by atomic mass is 10.5. The second kappa shape index (κ2) is 2.76. The van der Waals surface area contributed by atoms with Crippen LogP contribution in [0.5, 0.6) is 0 Å². The number of rotatable bonds is 1. The minimum absolute atomic E-state index is 0.557. The van der Waals surface area contributed by atoms with Gasteiger partial charge in [-0.1, -0.05) is 16.8 Å². The van der Waals surface area contributed by atoms with Crippen LogP contribution in [0.2, 0.25) is 4.34 Å². The Morgan fingerprint density at radius 2 is 2.33 bits per heavy atom. The summed E-state index contributed by atoms with van der Waals surface area (Å²) >= 11 is 7.15. The largest absolute Gasteiger partial charge is 0.301 e. The van der Waals surface area contributed by atoms with Crippen molar-refractivity contribution in [2.24, 2.45) is 0 Å². The number of nitrogens with zero attached hydrogens (tertiary/aromatic N) is 4. The Morgan fingerprint density at radius 3 is 2.83 bits per heavy atom. The van der Waals surface area contributed by atoms with E-state index in [4.69, 9.17) is 11.6 Å². The van der Waals surface area contributed by atoms with Crippen LogP contribution in [0.1, 0.15) is 0 Å². The Labute approximate surface area is 77.8 Å². The predicted molar refractivity (Wildman–Crippen MR) is 46.9 cm³/mol. The number of thiophene rings is 1. The van der Waals surface area contributed by atoms with E-state index in [0.717, 1.165) is 4.88 Å². The van der Waals surface area contributed by atoms with Gasteiger partial charge in [0.1, 0.15) is 0 Å². The highest BCUT2D eigenvalue weighted by atomic mass is 35.5. The first-order chi connectivity index (χ1) is 5.75. The van der Waals surface area contributed by atoms with Crippen molar-refractivity contribution in [2.75, 3.05) is 0 Å². The van der Waals surface area contributed by atoms with E-state index in [1.165, 1.54) is 16.1 Å². The molecule has 0 fully saturated rings. The molecule has 0 saturated heterocycles. The van der Waals surface area contributed by atoms with Gasteiger partial charge in [-0.25, -0.2) is 0 Å². The van der Waals surface area contributed by atoms with Gasteiger partial charge in [0.15, 0.2) is 0 Å². The second-order valence-corrected chi connectivity index (χ2v) is 3.80. The van der Waals surface area contributed by atoms with Gasteiger partial charge in [-0.05, 0) is 12.1 Å². The van der Waals surface area contributed by atoms with Crippen LogP contribution in [0.25, 0.3) is 10.7 Å². The molecule has 0 bridgehead atoms. The molecule has 0 aliphatic rings. The summed E-state index contributed by atoms with van der Waals surface area (Å²) in [5, 5.41) is 11.3. The minimum atomic E-state index is 0.557. The van der Waals surface area contributed by atoms with Crippen LogP contribution in [0.4, 0.5) is 0 Å². The smallest absolute Gasteiger partial charge is 0.211 e. The minimum Gasteiger partial charge on any atom is -0.301 e. The standard InChI is InChI=1S/C6H4ClN4S/c1-11-9-6(8-10-11)4-2-3-5(7)12-4/h2-3H,1H2/q-1. The lowest BCUT2D eigenvalue weighted by Gasteiger charge is -1.88. The Kier molecular flexibility index (Phi) is 1.74. The molecule has 0 amide bonds. The first kappa shape index (κ1) is 7.57. The third-order valence-electron chi connectivity index (χ3n) is 1.25. The highest BCUT2D eigenvalue weighted by Crippen LogP contribution is 2.27. The highest BCUT2D eigenvalue weighted by Gasteiger charge is 2.04. The molecule has 4 nitrogen and oxygen atoms in total. The van der Waals surface area contributed by atoms with Crippen LogP contribution in [-0.4, -0.2) is 20.2 Å². The van der Waals surface area contributed by atoms with Gasteiger partial charge in [-0.3, -0.25) is 7.05 Å². The first-order valence-electron chi connectivity index (χ1n) is 3.12. The summed E-state index contributed by atoms with van der Waals surface area (Å²) in [6, 6.07) is 3.65. The summed E-state index contributed by atoms with van der Waals surface area (Å²) in [4.78, 5) is 2.07. The van der Waals surface area contributed by atoms with E-state index < -0.39 is 0 Å². The molecule has 0 aromatic carbocycles. The molecule has 0 aliphatic carbocycles. The van der Waals surface area contributed by atoms with E-state index in [2.05, 4.69) is 22.5 Å². The molecule has 2 heterocycles. The van der Waals surface area contributed by atoms with Crippen LogP contribution >= 0.6 is 22.9 Å². The van der Waals surface area contributed by atoms with Gasteiger partial charge in [0.25, 0.3) is 0 Å². The Balaban J connectivity index is 2.43. The zero-order valence-electron chi connectivity index (χ0n) is 5.94. The van der Waals surface area contributed by atoms with E-state index in [9.17, 15) is 0 Å². The maximum atomic E-state index is 5.74. The van der Waals surface area contributed by atoms with Gasteiger partial charge >= 0.3 is 0 Å². The monoisotopic (exact) mass is 199 g/mol. The van der Waals surface area contributed by atoms with E-state index >= 15 is 0 Å². The van der Waals surface area contributed by atoms with Crippen molar-refractivity contribution < 1.29 is 0 Å². The molecule has 0 radical (unpaired) electrons. The van der Waals surface area contributed by atoms with E-state index in [-0.39, 0.29) is 0 Å². The molecule has 0 spiro atoms. The summed E-state index contributed by atoms with van der Waals surface area (Å²) in [5.74, 6) is 0.557. The highest BCUT2D eigenvalue weighted by molar-refractivity contribution is 7.19. The van der Waals surface area contributed by atoms with Crippen molar-refractivity contribution in [3.8, 4) is 10.7 Å². The van der Waals surface area contributed by atoms with Crippen molar-refractivity contribution in [3.05, 3.63) is 23.5 Å². The molecule has 6 heteroatoms. The van der Waals surface area contributed by atoms with Crippen molar-refractivity contribution in [1.29, 1.82) is 0 Å². The van der Waals surface area contributed by atoms with Crippen LogP contribution in [0, 0.1) is 7.05 Å². The molecule has 2 aromatic rings. The zero-order valence-corrected chi connectivity index (χ0v) is 7.51. The fourth-order valence-electron chi connectivity index (χ4n) is 0.776. The lowest BCUT2D eigenvalue weighted by molar-refractivity contribution is 0.714. The Bertz CT molecular complexity index is 355. The molecule has 0 atom stereocenters. The summed E-state index contributed by atoms with van der Waals surface area (Å²) in [6.45, 7) is 0. The zero-order chi connectivity index (χ0) is 8.55. The van der Waals surface area contributed by atoms with Gasteiger partial charge in [-0.15, -0.1) is 16.4 Å². The summed E-state index contributed by atoms with van der Waals surface area (Å²) in [6.07, 6.45) is 0. The van der Waals surface area contributed by atoms with Crippen molar-refractivity contribution >= 4 is 22.9 Å². The molecule has 0 unspecified atom stereocenters. The van der Waals surface area contributed by atoms with Crippen molar-refractivity contribution in [1.82, 2.24) is 20.2 Å². The average Bonchev–Trinajstić information content (AvgIpc) is 2.58. The van der Waals surface area contributed by atoms with E-state index in [1.54, 1.807) is 6.07 Å². The molecule has 2 rings (SSSR count). The number of hydrogen-bond acceptors (Lipinski definition) is 4. The number of aromatic nitrogens is 4. The van der Waals surface area contributed by atoms with Crippen LogP contribution in [-0.2, 0) is 0 Å². The summed E-state index contributed by atoms with van der Waals surface area (Å²) in [7, 11) is 3.48. The molecule has 0 saturated carbocycles. The first-order valence-corrected chi connectivity index (χ1v) is 4.32. The SMILES string of the molecule is [CH2-]n1nnc(-c2ccc(Cl)s2)n1. The average molecular weight is 200 g/mol. The topological polar surface area (TPSA) is 43.6 Å². The maximum absolute atomic E-state index is 5.74. The van der Waals surface area contributed by atoms with Gasteiger partial charge in [0.05, 0.1) is 9.21 Å². The Morgan fingerprint density at radius 1 is 1.50 bits per heavy atom. The normalized spacial score (nSPS) is 10.4. The molecular formula is C6H4ClN4S-. The van der Waals surface area contributed by atoms with Gasteiger partial charge in [-0.2, -0.15) is 5.10 Å². The van der Waals surface area contributed by atoms with Crippen molar-refractivity contribution in [3.63, 3.8) is 0 Å². The number of hydrogen-bond donors (Lipinski definition) is 0. The van der Waals surface area contributed by atoms with Gasteiger partial charge in [0, 0.05) is 0 Å². The number of tetrazole rings is 1. The molecular weight excluding hydrogens is 196 g/mol. The molecule has 62 valence electrons. The summed E-state index contributed by atoms with van der Waals surface area (Å²) in [5.41, 5.74) is 0. The Hall–Kier alpha value is -1.07. The van der Waals surface area contributed by atoms with Gasteiger partial charge in [0.2, 0.25) is 5.82 Å². The molecule has 0 aliphatic heterocycles. The lowest BCUT2D eigenvalue weighted by Crippen LogP contribution is -1.88. The third-order valence-corrected chi connectivity index (χ3v) is 2.47. The van der Waals surface area contributed by atoms with Crippen LogP contribution in [0.15, 0.2) is 12.1 Å². The molecule has 0 N–H and O–H groups in total. The van der Waals surface area contributed by atoms with E-state index in [0.29, 0.717) is 10.2 Å². The maximum Gasteiger partial charge on any atom is 0.211 e. The van der Waals surface area contributed by atoms with Crippen LogP contribution in [0.3, 0.4) is 0 Å². The second-order valence-electron chi connectivity index (χ2n) is 2.09. The quantitative estimate of drug-likeness (QED) is 0.657. The summed E-state index contributed by atoms with van der Waals surface area (Å²) < 4.78 is 0.713. The molecule has 2 aromatic heterocycles. The predicted octanol–water partition coefficient (Wildman–Crippen LogP) is 1.69.